The molecule has 0 fully saturated rings. The molecule has 2 aromatic carbocycles. The molecule has 0 radical (unpaired) electrons. The zero-order valence-electron chi connectivity index (χ0n) is 14.0. The lowest BCUT2D eigenvalue weighted by Gasteiger charge is -2.19. The first-order valence-electron chi connectivity index (χ1n) is 7.40. The lowest BCUT2D eigenvalue weighted by molar-refractivity contribution is -0.116. The van der Waals surface area contributed by atoms with Gasteiger partial charge in [-0.1, -0.05) is 41.4 Å². The molecule has 0 aromatic heterocycles. The number of hydrogen-bond acceptors (Lipinski definition) is 3. The number of nitrogens with one attached hydrogen (secondary N) is 1. The molecular weight excluding hydrogens is 383 g/mol. The van der Waals surface area contributed by atoms with Crippen molar-refractivity contribution in [3.05, 3.63) is 57.6 Å². The van der Waals surface area contributed by atoms with E-state index >= 15 is 0 Å². The van der Waals surface area contributed by atoms with Crippen molar-refractivity contribution in [1.29, 1.82) is 0 Å². The highest BCUT2D eigenvalue weighted by atomic mass is 35.5. The largest absolute Gasteiger partial charge is 0.322 e. The quantitative estimate of drug-likeness (QED) is 0.827. The Hall–Kier alpha value is -1.60. The van der Waals surface area contributed by atoms with E-state index in [1.165, 1.54) is 7.05 Å². The summed E-state index contributed by atoms with van der Waals surface area (Å²) < 4.78 is 26.4. The molecule has 0 bridgehead atoms. The third kappa shape index (κ3) is 4.52. The Bertz CT molecular complexity index is 894. The van der Waals surface area contributed by atoms with E-state index in [1.54, 1.807) is 37.3 Å². The number of aryl methyl sites for hydroxylation is 2. The minimum Gasteiger partial charge on any atom is -0.322 e. The number of benzene rings is 2. The SMILES string of the molecule is Cc1ccc(C)c(S(=O)(=O)N(C)CC(=O)Nc2c(Cl)cccc2Cl)c1. The van der Waals surface area contributed by atoms with Crippen LogP contribution in [0.4, 0.5) is 5.69 Å². The van der Waals surface area contributed by atoms with Crippen LogP contribution in [0.2, 0.25) is 10.0 Å². The maximum atomic E-state index is 12.7. The number of amides is 1. The van der Waals surface area contributed by atoms with E-state index in [9.17, 15) is 13.2 Å². The first-order valence-corrected chi connectivity index (χ1v) is 9.60. The molecule has 0 heterocycles. The molecule has 0 aliphatic heterocycles. The van der Waals surface area contributed by atoms with E-state index < -0.39 is 15.9 Å². The monoisotopic (exact) mass is 400 g/mol. The lowest BCUT2D eigenvalue weighted by atomic mass is 10.2. The van der Waals surface area contributed by atoms with Gasteiger partial charge >= 0.3 is 0 Å². The van der Waals surface area contributed by atoms with E-state index in [-0.39, 0.29) is 27.2 Å². The fourth-order valence-electron chi connectivity index (χ4n) is 2.24. The summed E-state index contributed by atoms with van der Waals surface area (Å²) in [6.07, 6.45) is 0. The Balaban J connectivity index is 2.19. The van der Waals surface area contributed by atoms with Gasteiger partial charge in [0.2, 0.25) is 15.9 Å². The van der Waals surface area contributed by atoms with E-state index in [0.717, 1.165) is 9.87 Å². The van der Waals surface area contributed by atoms with Crippen LogP contribution in [0.25, 0.3) is 0 Å². The van der Waals surface area contributed by atoms with Crippen molar-refractivity contribution in [1.82, 2.24) is 4.31 Å². The van der Waals surface area contributed by atoms with Gasteiger partial charge in [0.05, 0.1) is 27.2 Å². The molecule has 0 atom stereocenters. The summed E-state index contributed by atoms with van der Waals surface area (Å²) in [7, 11) is -2.44. The summed E-state index contributed by atoms with van der Waals surface area (Å²) in [5.74, 6) is -0.536. The Morgan fingerprint density at radius 3 is 2.32 bits per heavy atom. The van der Waals surface area contributed by atoms with Crippen LogP contribution in [0, 0.1) is 13.8 Å². The molecule has 0 aliphatic rings. The number of carbonyl (C=O) groups is 1. The van der Waals surface area contributed by atoms with Crippen molar-refractivity contribution in [2.45, 2.75) is 18.7 Å². The molecule has 0 saturated carbocycles. The highest BCUT2D eigenvalue weighted by Gasteiger charge is 2.25. The van der Waals surface area contributed by atoms with Gasteiger partial charge in [-0.25, -0.2) is 8.42 Å². The molecular formula is C17H18Cl2N2O3S. The van der Waals surface area contributed by atoms with Gasteiger partial charge in [0.25, 0.3) is 0 Å². The van der Waals surface area contributed by atoms with Crippen molar-refractivity contribution in [2.24, 2.45) is 0 Å². The molecule has 1 N–H and O–H groups in total. The first-order chi connectivity index (χ1) is 11.6. The number of sulfonamides is 1. The van der Waals surface area contributed by atoms with Crippen LogP contribution in [0.5, 0.6) is 0 Å². The van der Waals surface area contributed by atoms with Crippen LogP contribution >= 0.6 is 23.2 Å². The number of likely N-dealkylation sites (N-methyl/N-ethyl adjacent to an activating group) is 1. The molecule has 0 aliphatic carbocycles. The Labute approximate surface area is 157 Å². The standard InChI is InChI=1S/C17H18Cl2N2O3S/c1-11-7-8-12(2)15(9-11)25(23,24)21(3)10-16(22)20-17-13(18)5-4-6-14(17)19/h4-9H,10H2,1-3H3,(H,20,22). The highest BCUT2D eigenvalue weighted by molar-refractivity contribution is 7.89. The van der Waals surface area contributed by atoms with E-state index in [0.29, 0.717) is 5.56 Å². The second-order valence-electron chi connectivity index (χ2n) is 5.67. The van der Waals surface area contributed by atoms with E-state index in [4.69, 9.17) is 23.2 Å². The predicted molar refractivity (Wildman–Crippen MR) is 101 cm³/mol. The first kappa shape index (κ1) is 19.7. The number of anilines is 1. The molecule has 0 unspecified atom stereocenters. The highest BCUT2D eigenvalue weighted by Crippen LogP contribution is 2.29. The third-order valence-corrected chi connectivity index (χ3v) is 6.20. The van der Waals surface area contributed by atoms with Crippen LogP contribution in [0.3, 0.4) is 0 Å². The normalized spacial score (nSPS) is 11.6. The second-order valence-corrected chi connectivity index (χ2v) is 8.50. The fraction of sp³-hybridized carbons (Fsp3) is 0.235. The van der Waals surface area contributed by atoms with Crippen LogP contribution < -0.4 is 5.32 Å². The van der Waals surface area contributed by atoms with Gasteiger partial charge in [-0.3, -0.25) is 4.79 Å². The zero-order valence-corrected chi connectivity index (χ0v) is 16.3. The second kappa shape index (κ2) is 7.74. The molecule has 2 rings (SSSR count). The summed E-state index contributed by atoms with van der Waals surface area (Å²) in [6, 6.07) is 9.97. The summed E-state index contributed by atoms with van der Waals surface area (Å²) in [4.78, 5) is 12.4. The van der Waals surface area contributed by atoms with Gasteiger partial charge < -0.3 is 5.32 Å². The van der Waals surface area contributed by atoms with Crippen molar-refractivity contribution < 1.29 is 13.2 Å². The molecule has 5 nitrogen and oxygen atoms in total. The summed E-state index contributed by atoms with van der Waals surface area (Å²) in [6.45, 7) is 3.16. The number of carbonyl (C=O) groups excluding carboxylic acids is 1. The summed E-state index contributed by atoms with van der Waals surface area (Å²) in [5, 5.41) is 3.11. The van der Waals surface area contributed by atoms with Crippen LogP contribution in [0.15, 0.2) is 41.3 Å². The topological polar surface area (TPSA) is 66.5 Å². The number of para-hydroxylation sites is 1. The summed E-state index contributed by atoms with van der Waals surface area (Å²) >= 11 is 12.0. The minimum absolute atomic E-state index is 0.179. The van der Waals surface area contributed by atoms with Crippen LogP contribution in [0.1, 0.15) is 11.1 Å². The molecule has 8 heteroatoms. The molecule has 25 heavy (non-hydrogen) atoms. The summed E-state index contributed by atoms with van der Waals surface area (Å²) in [5.41, 5.74) is 1.70. The molecule has 1 amide bonds. The van der Waals surface area contributed by atoms with Crippen molar-refractivity contribution in [3.8, 4) is 0 Å². The maximum absolute atomic E-state index is 12.7. The number of rotatable bonds is 5. The van der Waals surface area contributed by atoms with Crippen molar-refractivity contribution >= 4 is 44.8 Å². The Morgan fingerprint density at radius 1 is 1.12 bits per heavy atom. The number of nitrogens with zero attached hydrogens (tertiary/aromatic N) is 1. The maximum Gasteiger partial charge on any atom is 0.243 e. The van der Waals surface area contributed by atoms with Crippen molar-refractivity contribution in [2.75, 3.05) is 18.9 Å². The Morgan fingerprint density at radius 2 is 1.72 bits per heavy atom. The average molecular weight is 401 g/mol. The molecule has 2 aromatic rings. The molecule has 0 saturated heterocycles. The zero-order chi connectivity index (χ0) is 18.8. The fourth-order valence-corrected chi connectivity index (χ4v) is 4.16. The van der Waals surface area contributed by atoms with Gasteiger partial charge in [0, 0.05) is 7.05 Å². The van der Waals surface area contributed by atoms with Crippen molar-refractivity contribution in [3.63, 3.8) is 0 Å². The minimum atomic E-state index is -3.79. The lowest BCUT2D eigenvalue weighted by Crippen LogP contribution is -2.35. The van der Waals surface area contributed by atoms with Gasteiger partial charge in [-0.2, -0.15) is 4.31 Å². The predicted octanol–water partition coefficient (Wildman–Crippen LogP) is 3.87. The smallest absolute Gasteiger partial charge is 0.243 e. The van der Waals surface area contributed by atoms with Gasteiger partial charge in [0.15, 0.2) is 0 Å². The third-order valence-electron chi connectivity index (χ3n) is 3.63. The number of halogens is 2. The van der Waals surface area contributed by atoms with Gasteiger partial charge in [-0.15, -0.1) is 0 Å². The van der Waals surface area contributed by atoms with E-state index in [2.05, 4.69) is 5.32 Å². The number of hydrogen-bond donors (Lipinski definition) is 1. The Kier molecular flexibility index (Phi) is 6.11. The van der Waals surface area contributed by atoms with Gasteiger partial charge in [-0.05, 0) is 43.2 Å². The van der Waals surface area contributed by atoms with E-state index in [1.807, 2.05) is 13.0 Å². The molecule has 134 valence electrons. The average Bonchev–Trinajstić information content (AvgIpc) is 2.53. The van der Waals surface area contributed by atoms with Crippen LogP contribution in [-0.2, 0) is 14.8 Å². The van der Waals surface area contributed by atoms with Gasteiger partial charge in [0.1, 0.15) is 0 Å². The molecule has 0 spiro atoms. The van der Waals surface area contributed by atoms with Crippen LogP contribution in [-0.4, -0.2) is 32.2 Å².